The second-order valence-corrected chi connectivity index (χ2v) is 7.50. The Bertz CT molecular complexity index is 1220. The Labute approximate surface area is 174 Å². The van der Waals surface area contributed by atoms with Crippen molar-refractivity contribution in [2.75, 3.05) is 5.32 Å². The average molecular weight is 405 g/mol. The number of halogens is 1. The lowest BCUT2D eigenvalue weighted by Gasteiger charge is -2.06. The Hall–Kier alpha value is -3.48. The van der Waals surface area contributed by atoms with Gasteiger partial charge in [-0.1, -0.05) is 18.2 Å². The number of imidazole rings is 1. The third-order valence-electron chi connectivity index (χ3n) is 5.39. The van der Waals surface area contributed by atoms with Crippen LogP contribution >= 0.6 is 0 Å². The molecule has 2 aromatic carbocycles. The number of nitrogens with one attached hydrogen (secondary N) is 2. The second-order valence-electron chi connectivity index (χ2n) is 7.50. The number of carbonyl (C=O) groups excluding carboxylic acids is 1. The van der Waals surface area contributed by atoms with E-state index in [0.29, 0.717) is 36.3 Å². The number of hydrogen-bond donors (Lipinski definition) is 2. The molecular weight excluding hydrogens is 381 g/mol. The van der Waals surface area contributed by atoms with E-state index in [0.717, 1.165) is 28.0 Å². The van der Waals surface area contributed by atoms with Gasteiger partial charge in [0, 0.05) is 31.3 Å². The molecule has 0 aliphatic heterocycles. The summed E-state index contributed by atoms with van der Waals surface area (Å²) in [6, 6.07) is 12.2. The highest BCUT2D eigenvalue weighted by Gasteiger charge is 2.12. The van der Waals surface area contributed by atoms with Crippen molar-refractivity contribution in [3.63, 3.8) is 0 Å². The first-order valence-corrected chi connectivity index (χ1v) is 9.91. The van der Waals surface area contributed by atoms with Crippen LogP contribution in [0.3, 0.4) is 0 Å². The quantitative estimate of drug-likeness (QED) is 0.504. The smallest absolute Gasteiger partial charge is 0.224 e. The molecule has 154 valence electrons. The van der Waals surface area contributed by atoms with Gasteiger partial charge in [0.25, 0.3) is 0 Å². The third-order valence-corrected chi connectivity index (χ3v) is 5.39. The molecule has 0 radical (unpaired) electrons. The number of anilines is 1. The molecule has 6 nitrogen and oxygen atoms in total. The van der Waals surface area contributed by atoms with Crippen LogP contribution < -0.4 is 5.32 Å². The Morgan fingerprint density at radius 1 is 1.20 bits per heavy atom. The van der Waals surface area contributed by atoms with E-state index < -0.39 is 0 Å². The number of amides is 1. The maximum atomic E-state index is 13.9. The van der Waals surface area contributed by atoms with Gasteiger partial charge in [-0.05, 0) is 55.7 Å². The van der Waals surface area contributed by atoms with Crippen LogP contribution in [0.4, 0.5) is 10.1 Å². The van der Waals surface area contributed by atoms with Gasteiger partial charge >= 0.3 is 0 Å². The predicted octanol–water partition coefficient (Wildman–Crippen LogP) is 4.21. The van der Waals surface area contributed by atoms with E-state index in [4.69, 9.17) is 0 Å². The van der Waals surface area contributed by atoms with Gasteiger partial charge in [-0.15, -0.1) is 0 Å². The summed E-state index contributed by atoms with van der Waals surface area (Å²) in [6.07, 6.45) is 1.41. The van der Waals surface area contributed by atoms with E-state index in [2.05, 4.69) is 20.4 Å². The highest BCUT2D eigenvalue weighted by atomic mass is 19.1. The van der Waals surface area contributed by atoms with Gasteiger partial charge in [-0.2, -0.15) is 5.10 Å². The molecule has 1 amide bonds. The molecule has 7 heteroatoms. The van der Waals surface area contributed by atoms with E-state index in [9.17, 15) is 9.18 Å². The zero-order chi connectivity index (χ0) is 21.3. The molecule has 0 saturated heterocycles. The summed E-state index contributed by atoms with van der Waals surface area (Å²) in [5.41, 5.74) is 6.04. The number of benzene rings is 2. The molecule has 0 aliphatic rings. The van der Waals surface area contributed by atoms with Crippen LogP contribution in [0.25, 0.3) is 11.0 Å². The highest BCUT2D eigenvalue weighted by Crippen LogP contribution is 2.20. The zero-order valence-electron chi connectivity index (χ0n) is 17.3. The van der Waals surface area contributed by atoms with Gasteiger partial charge < -0.3 is 10.3 Å². The summed E-state index contributed by atoms with van der Waals surface area (Å²) < 4.78 is 15.7. The fourth-order valence-electron chi connectivity index (χ4n) is 3.69. The highest BCUT2D eigenvalue weighted by molar-refractivity contribution is 5.93. The molecule has 0 unspecified atom stereocenters. The SMILES string of the molecule is Cc1nn(C)c(C)c1CCC(=O)Nc1ccc2nc(Cc3ccccc3F)[nH]c2c1. The number of rotatable bonds is 6. The summed E-state index contributed by atoms with van der Waals surface area (Å²) in [7, 11) is 1.91. The first kappa shape index (κ1) is 19.8. The fourth-order valence-corrected chi connectivity index (χ4v) is 3.69. The molecule has 30 heavy (non-hydrogen) atoms. The Morgan fingerprint density at radius 2 is 2.00 bits per heavy atom. The van der Waals surface area contributed by atoms with Crippen molar-refractivity contribution < 1.29 is 9.18 Å². The number of hydrogen-bond acceptors (Lipinski definition) is 3. The number of aryl methyl sites for hydroxylation is 2. The van der Waals surface area contributed by atoms with Gasteiger partial charge in [-0.3, -0.25) is 9.48 Å². The van der Waals surface area contributed by atoms with E-state index in [1.54, 1.807) is 12.1 Å². The third kappa shape index (κ3) is 4.10. The number of nitrogens with zero attached hydrogens (tertiary/aromatic N) is 3. The number of aromatic nitrogens is 4. The van der Waals surface area contributed by atoms with E-state index in [1.807, 2.05) is 49.8 Å². The van der Waals surface area contributed by atoms with Gasteiger partial charge in [0.1, 0.15) is 11.6 Å². The topological polar surface area (TPSA) is 75.6 Å². The Morgan fingerprint density at radius 3 is 2.73 bits per heavy atom. The van der Waals surface area contributed by atoms with E-state index >= 15 is 0 Å². The Balaban J connectivity index is 1.43. The molecule has 0 fully saturated rings. The van der Waals surface area contributed by atoms with E-state index in [1.165, 1.54) is 6.07 Å². The molecule has 2 heterocycles. The number of H-pyrrole nitrogens is 1. The van der Waals surface area contributed by atoms with Crippen molar-refractivity contribution >= 4 is 22.6 Å². The van der Waals surface area contributed by atoms with Gasteiger partial charge in [0.2, 0.25) is 5.91 Å². The summed E-state index contributed by atoms with van der Waals surface area (Å²) in [6.45, 7) is 3.98. The normalized spacial score (nSPS) is 11.2. The van der Waals surface area contributed by atoms with Crippen molar-refractivity contribution in [1.29, 1.82) is 0 Å². The molecule has 4 aromatic rings. The van der Waals surface area contributed by atoms with Crippen molar-refractivity contribution in [3.8, 4) is 0 Å². The van der Waals surface area contributed by atoms with Crippen LogP contribution in [0.1, 0.15) is 34.8 Å². The molecule has 2 aromatic heterocycles. The molecule has 0 atom stereocenters. The van der Waals surface area contributed by atoms with Crippen LogP contribution in [0, 0.1) is 19.7 Å². The molecule has 4 rings (SSSR count). The lowest BCUT2D eigenvalue weighted by Crippen LogP contribution is -2.12. The average Bonchev–Trinajstić information content (AvgIpc) is 3.21. The minimum Gasteiger partial charge on any atom is -0.342 e. The van der Waals surface area contributed by atoms with Crippen molar-refractivity contribution in [3.05, 3.63) is 76.6 Å². The Kier molecular flexibility index (Phi) is 5.35. The van der Waals surface area contributed by atoms with Crippen LogP contribution in [0.2, 0.25) is 0 Å². The predicted molar refractivity (Wildman–Crippen MR) is 115 cm³/mol. The lowest BCUT2D eigenvalue weighted by molar-refractivity contribution is -0.116. The number of fused-ring (bicyclic) bond motifs is 1. The number of carbonyl (C=O) groups is 1. The second kappa shape index (κ2) is 8.10. The minimum absolute atomic E-state index is 0.0527. The van der Waals surface area contributed by atoms with E-state index in [-0.39, 0.29) is 11.7 Å². The molecule has 0 aliphatic carbocycles. The standard InChI is InChI=1S/C23H24FN5O/c1-14-18(15(2)29(3)28-14)9-11-23(30)25-17-8-10-20-21(13-17)27-22(26-20)12-16-6-4-5-7-19(16)24/h4-8,10,13H,9,11-12H2,1-3H3,(H,25,30)(H,26,27). The largest absolute Gasteiger partial charge is 0.342 e. The fraction of sp³-hybridized carbons (Fsp3) is 0.261. The lowest BCUT2D eigenvalue weighted by atomic mass is 10.1. The minimum atomic E-state index is -0.245. The van der Waals surface area contributed by atoms with Crippen molar-refractivity contribution in [2.45, 2.75) is 33.1 Å². The summed E-state index contributed by atoms with van der Waals surface area (Å²) in [4.78, 5) is 20.2. The maximum Gasteiger partial charge on any atom is 0.224 e. The van der Waals surface area contributed by atoms with Crippen LogP contribution in [-0.4, -0.2) is 25.7 Å². The molecular formula is C23H24FN5O. The maximum absolute atomic E-state index is 13.9. The molecule has 0 spiro atoms. The van der Waals surface area contributed by atoms with Crippen molar-refractivity contribution in [1.82, 2.24) is 19.7 Å². The monoisotopic (exact) mass is 405 g/mol. The molecule has 0 saturated carbocycles. The van der Waals surface area contributed by atoms with Crippen LogP contribution in [-0.2, 0) is 24.7 Å². The van der Waals surface area contributed by atoms with Crippen molar-refractivity contribution in [2.24, 2.45) is 7.05 Å². The zero-order valence-corrected chi connectivity index (χ0v) is 17.3. The summed E-state index contributed by atoms with van der Waals surface area (Å²) >= 11 is 0. The molecule has 2 N–H and O–H groups in total. The van der Waals surface area contributed by atoms with Gasteiger partial charge in [-0.25, -0.2) is 9.37 Å². The van der Waals surface area contributed by atoms with Crippen LogP contribution in [0.5, 0.6) is 0 Å². The molecule has 0 bridgehead atoms. The van der Waals surface area contributed by atoms with Crippen LogP contribution in [0.15, 0.2) is 42.5 Å². The van der Waals surface area contributed by atoms with Gasteiger partial charge in [0.05, 0.1) is 16.7 Å². The van der Waals surface area contributed by atoms with Gasteiger partial charge in [0.15, 0.2) is 0 Å². The number of aromatic amines is 1. The summed E-state index contributed by atoms with van der Waals surface area (Å²) in [5, 5.41) is 7.34. The first-order valence-electron chi connectivity index (χ1n) is 9.91. The summed E-state index contributed by atoms with van der Waals surface area (Å²) in [5.74, 6) is 0.384. The first-order chi connectivity index (χ1) is 14.4.